The highest BCUT2D eigenvalue weighted by molar-refractivity contribution is 6.13. The van der Waals surface area contributed by atoms with Gasteiger partial charge in [-0.1, -0.05) is 49.6 Å². The molecule has 0 heterocycles. The first-order valence-corrected chi connectivity index (χ1v) is 5.12. The Morgan fingerprint density at radius 2 is 1.76 bits per heavy atom. The molecule has 0 saturated heterocycles. The summed E-state index contributed by atoms with van der Waals surface area (Å²) in [5.41, 5.74) is 0.684. The van der Waals surface area contributed by atoms with E-state index in [2.05, 4.69) is 13.2 Å². The highest BCUT2D eigenvalue weighted by Gasteiger charge is 2.40. The van der Waals surface area contributed by atoms with Crippen molar-refractivity contribution in [1.82, 2.24) is 0 Å². The molecular formula is C14H12O3. The monoisotopic (exact) mass is 228 g/mol. The van der Waals surface area contributed by atoms with Crippen molar-refractivity contribution in [2.24, 2.45) is 0 Å². The average molecular weight is 228 g/mol. The fraction of sp³-hybridized carbons (Fsp3) is 0.0714. The van der Waals surface area contributed by atoms with Crippen LogP contribution >= 0.6 is 0 Å². The fourth-order valence-corrected chi connectivity index (χ4v) is 2.04. The van der Waals surface area contributed by atoms with Crippen LogP contribution in [0.4, 0.5) is 0 Å². The van der Waals surface area contributed by atoms with Gasteiger partial charge in [-0.2, -0.15) is 0 Å². The number of hydrogen-bond donors (Lipinski definition) is 2. The molecule has 0 radical (unpaired) electrons. The first-order valence-electron chi connectivity index (χ1n) is 5.12. The lowest BCUT2D eigenvalue weighted by atomic mass is 9.80. The highest BCUT2D eigenvalue weighted by atomic mass is 16.5. The third-order valence-electron chi connectivity index (χ3n) is 2.87. The summed E-state index contributed by atoms with van der Waals surface area (Å²) in [5, 5.41) is 20.3. The summed E-state index contributed by atoms with van der Waals surface area (Å²) in [6, 6.07) is 6.39. The Labute approximate surface area is 99.0 Å². The quantitative estimate of drug-likeness (QED) is 0.757. The van der Waals surface area contributed by atoms with E-state index in [4.69, 9.17) is 0 Å². The molecule has 0 atom stereocenters. The van der Waals surface area contributed by atoms with Crippen LogP contribution in [0, 0.1) is 0 Å². The van der Waals surface area contributed by atoms with Gasteiger partial charge in [0.2, 0.25) is 5.79 Å². The minimum atomic E-state index is -2.20. The van der Waals surface area contributed by atoms with Crippen LogP contribution in [0.25, 0.3) is 0 Å². The second-order valence-electron chi connectivity index (χ2n) is 3.78. The van der Waals surface area contributed by atoms with Crippen LogP contribution in [0.1, 0.15) is 15.9 Å². The van der Waals surface area contributed by atoms with Crippen molar-refractivity contribution in [2.45, 2.75) is 5.79 Å². The Balaban J connectivity index is 2.82. The Morgan fingerprint density at radius 1 is 1.12 bits per heavy atom. The molecule has 1 aliphatic rings. The minimum Gasteiger partial charge on any atom is -0.358 e. The molecule has 0 spiro atoms. The summed E-state index contributed by atoms with van der Waals surface area (Å²) in [6.07, 6.45) is 2.58. The molecule has 0 amide bonds. The van der Waals surface area contributed by atoms with Gasteiger partial charge >= 0.3 is 0 Å². The molecule has 0 unspecified atom stereocenters. The maximum atomic E-state index is 12.1. The maximum Gasteiger partial charge on any atom is 0.218 e. The van der Waals surface area contributed by atoms with E-state index < -0.39 is 5.79 Å². The number of ketones is 1. The van der Waals surface area contributed by atoms with Crippen molar-refractivity contribution in [2.75, 3.05) is 0 Å². The maximum absolute atomic E-state index is 12.1. The van der Waals surface area contributed by atoms with E-state index in [0.29, 0.717) is 0 Å². The third-order valence-corrected chi connectivity index (χ3v) is 2.87. The van der Waals surface area contributed by atoms with Gasteiger partial charge in [0.15, 0.2) is 5.78 Å². The van der Waals surface area contributed by atoms with Crippen molar-refractivity contribution in [3.05, 3.63) is 71.8 Å². The first-order chi connectivity index (χ1) is 8.04. The third kappa shape index (κ3) is 1.48. The summed E-state index contributed by atoms with van der Waals surface area (Å²) in [7, 11) is 0. The topological polar surface area (TPSA) is 57.5 Å². The van der Waals surface area contributed by atoms with E-state index in [1.54, 1.807) is 18.2 Å². The Kier molecular flexibility index (Phi) is 2.58. The van der Waals surface area contributed by atoms with E-state index in [1.807, 2.05) is 0 Å². The highest BCUT2D eigenvalue weighted by Crippen LogP contribution is 2.38. The molecule has 1 aliphatic carbocycles. The molecule has 0 aromatic heterocycles. The van der Waals surface area contributed by atoms with Gasteiger partial charge in [-0.15, -0.1) is 0 Å². The molecule has 86 valence electrons. The molecule has 2 rings (SSSR count). The Bertz CT molecular complexity index is 550. The van der Waals surface area contributed by atoms with E-state index in [9.17, 15) is 15.0 Å². The van der Waals surface area contributed by atoms with Crippen LogP contribution in [0.3, 0.4) is 0 Å². The fourth-order valence-electron chi connectivity index (χ4n) is 2.04. The molecule has 1 aromatic rings. The van der Waals surface area contributed by atoms with Gasteiger partial charge < -0.3 is 10.2 Å². The SMILES string of the molecule is C=CC1=C(C=C)C(O)(O)c2ccccc2C1=O. The van der Waals surface area contributed by atoms with Crippen molar-refractivity contribution in [3.8, 4) is 0 Å². The lowest BCUT2D eigenvalue weighted by molar-refractivity contribution is -0.134. The Hall–Kier alpha value is -1.97. The smallest absolute Gasteiger partial charge is 0.218 e. The molecule has 3 nitrogen and oxygen atoms in total. The number of allylic oxidation sites excluding steroid dienone is 2. The van der Waals surface area contributed by atoms with Crippen LogP contribution in [-0.2, 0) is 5.79 Å². The summed E-state index contributed by atoms with van der Waals surface area (Å²) < 4.78 is 0. The van der Waals surface area contributed by atoms with Gasteiger partial charge in [-0.25, -0.2) is 0 Å². The van der Waals surface area contributed by atoms with Gasteiger partial charge in [-0.05, 0) is 0 Å². The van der Waals surface area contributed by atoms with Gasteiger partial charge in [0.25, 0.3) is 0 Å². The average Bonchev–Trinajstić information content (AvgIpc) is 2.33. The standard InChI is InChI=1S/C14H12O3/c1-3-9-11(4-2)14(16,17)12-8-6-5-7-10(12)13(9)15/h3-8,16-17H,1-2H2. The zero-order valence-corrected chi connectivity index (χ0v) is 9.18. The largest absolute Gasteiger partial charge is 0.358 e. The first kappa shape index (κ1) is 11.5. The molecule has 3 heteroatoms. The number of aliphatic hydroxyl groups is 2. The number of fused-ring (bicyclic) bond motifs is 1. The zero-order valence-electron chi connectivity index (χ0n) is 9.18. The van der Waals surface area contributed by atoms with Crippen molar-refractivity contribution >= 4 is 5.78 Å². The number of Topliss-reactive ketones (excluding diaryl/α,β-unsaturated/α-hetero) is 1. The minimum absolute atomic E-state index is 0.0659. The molecule has 17 heavy (non-hydrogen) atoms. The number of hydrogen-bond acceptors (Lipinski definition) is 3. The van der Waals surface area contributed by atoms with Gasteiger partial charge in [0.1, 0.15) is 0 Å². The summed E-state index contributed by atoms with van der Waals surface area (Å²) in [6.45, 7) is 7.03. The number of benzene rings is 1. The normalized spacial score (nSPS) is 17.6. The van der Waals surface area contributed by atoms with Crippen molar-refractivity contribution < 1.29 is 15.0 Å². The summed E-state index contributed by atoms with van der Waals surface area (Å²) in [5.74, 6) is -2.47. The predicted octanol–water partition coefficient (Wildman–Crippen LogP) is 1.69. The molecule has 1 aromatic carbocycles. The molecule has 0 aliphatic heterocycles. The van der Waals surface area contributed by atoms with E-state index in [0.717, 1.165) is 0 Å². The Morgan fingerprint density at radius 3 is 2.35 bits per heavy atom. The van der Waals surface area contributed by atoms with Crippen molar-refractivity contribution in [1.29, 1.82) is 0 Å². The van der Waals surface area contributed by atoms with Crippen LogP contribution in [0.5, 0.6) is 0 Å². The van der Waals surface area contributed by atoms with Crippen LogP contribution in [0.2, 0.25) is 0 Å². The van der Waals surface area contributed by atoms with Crippen LogP contribution in [0.15, 0.2) is 60.7 Å². The predicted molar refractivity (Wildman–Crippen MR) is 64.3 cm³/mol. The summed E-state index contributed by atoms with van der Waals surface area (Å²) in [4.78, 5) is 12.1. The van der Waals surface area contributed by atoms with E-state index >= 15 is 0 Å². The van der Waals surface area contributed by atoms with E-state index in [-0.39, 0.29) is 28.1 Å². The second-order valence-corrected chi connectivity index (χ2v) is 3.78. The molecule has 0 fully saturated rings. The lowest BCUT2D eigenvalue weighted by Gasteiger charge is -2.31. The zero-order chi connectivity index (χ0) is 12.6. The number of carbonyl (C=O) groups is 1. The van der Waals surface area contributed by atoms with Crippen LogP contribution < -0.4 is 0 Å². The molecule has 0 saturated carbocycles. The second kappa shape index (κ2) is 3.80. The van der Waals surface area contributed by atoms with Crippen LogP contribution in [-0.4, -0.2) is 16.0 Å². The summed E-state index contributed by atoms with van der Waals surface area (Å²) >= 11 is 0. The molecule has 0 bridgehead atoms. The number of carbonyl (C=O) groups excluding carboxylic acids is 1. The molecular weight excluding hydrogens is 216 g/mol. The van der Waals surface area contributed by atoms with Gasteiger partial charge in [0.05, 0.1) is 0 Å². The van der Waals surface area contributed by atoms with E-state index in [1.165, 1.54) is 18.2 Å². The number of rotatable bonds is 2. The van der Waals surface area contributed by atoms with Gasteiger partial charge in [0, 0.05) is 22.3 Å². The van der Waals surface area contributed by atoms with Crippen molar-refractivity contribution in [3.63, 3.8) is 0 Å². The lowest BCUT2D eigenvalue weighted by Crippen LogP contribution is -2.35. The van der Waals surface area contributed by atoms with Gasteiger partial charge in [-0.3, -0.25) is 4.79 Å². The molecule has 2 N–H and O–H groups in total.